The minimum atomic E-state index is -1.60. The predicted molar refractivity (Wildman–Crippen MR) is 141 cm³/mol. The van der Waals surface area contributed by atoms with E-state index in [2.05, 4.69) is 20.8 Å². The Labute approximate surface area is 230 Å². The summed E-state index contributed by atoms with van der Waals surface area (Å²) in [5, 5.41) is 31.0. The lowest BCUT2D eigenvalue weighted by atomic mass is 9.70. The van der Waals surface area contributed by atoms with Crippen molar-refractivity contribution in [3.05, 3.63) is 51.5 Å². The van der Waals surface area contributed by atoms with Gasteiger partial charge in [0.05, 0.1) is 11.1 Å². The average molecular weight is 553 g/mol. The van der Waals surface area contributed by atoms with Crippen LogP contribution in [0.5, 0.6) is 17.2 Å². The highest BCUT2D eigenvalue weighted by atomic mass is 16.5. The number of phenolic OH excluding ortho intramolecular Hbond substituents is 2. The van der Waals surface area contributed by atoms with Gasteiger partial charge in [-0.15, -0.1) is 0 Å². The number of carbonyl (C=O) groups is 4. The molecule has 0 bridgehead atoms. The van der Waals surface area contributed by atoms with E-state index in [-0.39, 0.29) is 64.3 Å². The third kappa shape index (κ3) is 4.74. The van der Waals surface area contributed by atoms with Crippen LogP contribution in [0.15, 0.2) is 27.6 Å². The molecule has 4 rings (SSSR count). The largest absolute Gasteiger partial charge is 0.507 e. The molecule has 0 saturated carbocycles. The SMILES string of the molecule is CC(=O)c1c(O)c(C)c(O)c2c1OC1=CC(=O)/C(=C(/C)NCCC(=O)NCCc3nc(C(C)C)no3)C(=O)[C@]12C. The number of ketones is 3. The molecule has 40 heavy (non-hydrogen) atoms. The number of fused-ring (bicyclic) bond motifs is 3. The Morgan fingerprint density at radius 3 is 2.42 bits per heavy atom. The van der Waals surface area contributed by atoms with Crippen LogP contribution in [0.3, 0.4) is 0 Å². The van der Waals surface area contributed by atoms with Crippen molar-refractivity contribution in [1.29, 1.82) is 0 Å². The number of hydrogen-bond acceptors (Lipinski definition) is 11. The zero-order chi connectivity index (χ0) is 29.5. The first-order chi connectivity index (χ1) is 18.8. The molecule has 1 amide bonds. The lowest BCUT2D eigenvalue weighted by Crippen LogP contribution is -2.41. The van der Waals surface area contributed by atoms with E-state index in [1.807, 2.05) is 13.8 Å². The predicted octanol–water partition coefficient (Wildman–Crippen LogP) is 2.41. The molecule has 0 fully saturated rings. The summed E-state index contributed by atoms with van der Waals surface area (Å²) < 4.78 is 10.9. The number of rotatable bonds is 9. The molecule has 2 heterocycles. The number of benzene rings is 1. The Morgan fingerprint density at radius 1 is 1.10 bits per heavy atom. The molecule has 2 aliphatic rings. The van der Waals surface area contributed by atoms with Gasteiger partial charge in [0.25, 0.3) is 0 Å². The van der Waals surface area contributed by atoms with Gasteiger partial charge in [-0.25, -0.2) is 0 Å². The quantitative estimate of drug-likeness (QED) is 0.204. The van der Waals surface area contributed by atoms with Crippen LogP contribution in [0.4, 0.5) is 0 Å². The fourth-order valence-electron chi connectivity index (χ4n) is 4.82. The number of allylic oxidation sites excluding steroid dienone is 4. The molecule has 2 aromatic rings. The average Bonchev–Trinajstić information content (AvgIpc) is 3.46. The molecule has 0 saturated heterocycles. The van der Waals surface area contributed by atoms with Crippen molar-refractivity contribution in [3.8, 4) is 17.2 Å². The Kier molecular flexibility index (Phi) is 7.55. The summed E-state index contributed by atoms with van der Waals surface area (Å²) >= 11 is 0. The van der Waals surface area contributed by atoms with E-state index in [9.17, 15) is 29.4 Å². The minimum Gasteiger partial charge on any atom is -0.507 e. The Morgan fingerprint density at radius 2 is 1.80 bits per heavy atom. The van der Waals surface area contributed by atoms with Crippen LogP contribution in [0.25, 0.3) is 0 Å². The summed E-state index contributed by atoms with van der Waals surface area (Å²) in [6.45, 7) is 10.0. The molecule has 1 aliphatic heterocycles. The van der Waals surface area contributed by atoms with E-state index >= 15 is 0 Å². The minimum absolute atomic E-state index is 0.0168. The molecule has 1 atom stereocenters. The first-order valence-electron chi connectivity index (χ1n) is 12.9. The summed E-state index contributed by atoms with van der Waals surface area (Å²) in [4.78, 5) is 55.6. The van der Waals surface area contributed by atoms with E-state index in [0.717, 1.165) is 6.08 Å². The lowest BCUT2D eigenvalue weighted by molar-refractivity contribution is -0.124. The maximum atomic E-state index is 13.8. The molecule has 0 radical (unpaired) electrons. The number of aromatic hydroxyl groups is 2. The normalized spacial score (nSPS) is 19.1. The van der Waals surface area contributed by atoms with Gasteiger partial charge < -0.3 is 30.1 Å². The zero-order valence-corrected chi connectivity index (χ0v) is 23.2. The van der Waals surface area contributed by atoms with Crippen LogP contribution in [-0.2, 0) is 26.2 Å². The van der Waals surface area contributed by atoms with Gasteiger partial charge >= 0.3 is 0 Å². The van der Waals surface area contributed by atoms with Crippen LogP contribution >= 0.6 is 0 Å². The fourth-order valence-corrected chi connectivity index (χ4v) is 4.82. The standard InChI is InChI=1S/C28H32N4O8/c1-12(2)27-31-19(40-32-27)8-10-30-18(35)7-9-29-14(4)20-16(34)11-17-28(6,26(20)38)22-24(37)13(3)23(36)21(15(5)33)25(22)39-17/h11-12,29,36-37H,7-10H2,1-6H3,(H,30,35)/b20-14+/t28-/m1/s1. The van der Waals surface area contributed by atoms with Crippen LogP contribution in [-0.4, -0.2) is 56.7 Å². The first-order valence-corrected chi connectivity index (χ1v) is 12.9. The van der Waals surface area contributed by atoms with Crippen molar-refractivity contribution >= 4 is 23.3 Å². The van der Waals surface area contributed by atoms with Crippen LogP contribution < -0.4 is 15.4 Å². The number of nitrogens with one attached hydrogen (secondary N) is 2. The molecular weight excluding hydrogens is 520 g/mol. The van der Waals surface area contributed by atoms with Gasteiger partial charge in [-0.1, -0.05) is 19.0 Å². The fraction of sp³-hybridized carbons (Fsp3) is 0.429. The van der Waals surface area contributed by atoms with E-state index in [4.69, 9.17) is 9.26 Å². The van der Waals surface area contributed by atoms with E-state index in [1.54, 1.807) is 6.92 Å². The Hall–Kier alpha value is -4.48. The van der Waals surface area contributed by atoms with Crippen molar-refractivity contribution < 1.29 is 38.7 Å². The maximum absolute atomic E-state index is 13.8. The zero-order valence-electron chi connectivity index (χ0n) is 23.2. The third-order valence-corrected chi connectivity index (χ3v) is 7.16. The summed E-state index contributed by atoms with van der Waals surface area (Å²) in [6.07, 6.45) is 1.60. The van der Waals surface area contributed by atoms with Gasteiger partial charge in [-0.05, 0) is 27.7 Å². The van der Waals surface area contributed by atoms with Crippen LogP contribution in [0.1, 0.15) is 80.2 Å². The van der Waals surface area contributed by atoms with Gasteiger partial charge in [0, 0.05) is 49.2 Å². The number of ether oxygens (including phenoxy) is 1. The maximum Gasteiger partial charge on any atom is 0.228 e. The molecule has 0 spiro atoms. The van der Waals surface area contributed by atoms with Crippen molar-refractivity contribution in [2.75, 3.05) is 13.1 Å². The monoisotopic (exact) mass is 552 g/mol. The second-order valence-electron chi connectivity index (χ2n) is 10.4. The Bertz CT molecular complexity index is 1500. The number of amides is 1. The first kappa shape index (κ1) is 28.5. The van der Waals surface area contributed by atoms with Crippen molar-refractivity contribution in [2.24, 2.45) is 0 Å². The van der Waals surface area contributed by atoms with Gasteiger partial charge in [0.1, 0.15) is 34.0 Å². The van der Waals surface area contributed by atoms with E-state index < -0.39 is 34.3 Å². The number of phenols is 2. The molecule has 12 heteroatoms. The third-order valence-electron chi connectivity index (χ3n) is 7.16. The highest BCUT2D eigenvalue weighted by Crippen LogP contribution is 2.57. The highest BCUT2D eigenvalue weighted by molar-refractivity contribution is 6.31. The topological polar surface area (TPSA) is 181 Å². The number of carbonyl (C=O) groups excluding carboxylic acids is 4. The highest BCUT2D eigenvalue weighted by Gasteiger charge is 2.56. The molecule has 1 aliphatic carbocycles. The van der Waals surface area contributed by atoms with Gasteiger partial charge in [-0.2, -0.15) is 4.98 Å². The van der Waals surface area contributed by atoms with Crippen molar-refractivity contribution in [3.63, 3.8) is 0 Å². The molecule has 1 aromatic carbocycles. The van der Waals surface area contributed by atoms with Gasteiger partial charge in [-0.3, -0.25) is 19.2 Å². The lowest BCUT2D eigenvalue weighted by Gasteiger charge is -2.29. The number of hydrogen-bond donors (Lipinski definition) is 4. The van der Waals surface area contributed by atoms with Gasteiger partial charge in [0.15, 0.2) is 23.2 Å². The summed E-state index contributed by atoms with van der Waals surface area (Å²) in [6, 6.07) is 0. The van der Waals surface area contributed by atoms with Crippen molar-refractivity contribution in [2.45, 2.75) is 65.7 Å². The second-order valence-corrected chi connectivity index (χ2v) is 10.4. The molecular formula is C28H32N4O8. The number of aromatic nitrogens is 2. The molecule has 4 N–H and O–H groups in total. The summed E-state index contributed by atoms with van der Waals surface area (Å²) in [5.74, 6) is -1.89. The number of nitrogens with zero attached hydrogens (tertiary/aromatic N) is 2. The molecule has 12 nitrogen and oxygen atoms in total. The van der Waals surface area contributed by atoms with E-state index in [0.29, 0.717) is 24.7 Å². The van der Waals surface area contributed by atoms with Crippen molar-refractivity contribution in [1.82, 2.24) is 20.8 Å². The molecule has 212 valence electrons. The summed E-state index contributed by atoms with van der Waals surface area (Å²) in [5.41, 5.74) is -1.64. The Balaban J connectivity index is 1.47. The number of Topliss-reactive ketones (excluding diaryl/α,β-unsaturated/α-hetero) is 2. The molecule has 0 unspecified atom stereocenters. The smallest absolute Gasteiger partial charge is 0.228 e. The van der Waals surface area contributed by atoms with Gasteiger partial charge in [0.2, 0.25) is 11.8 Å². The van der Waals surface area contributed by atoms with Crippen LogP contribution in [0.2, 0.25) is 0 Å². The summed E-state index contributed by atoms with van der Waals surface area (Å²) in [7, 11) is 0. The van der Waals surface area contributed by atoms with E-state index in [1.165, 1.54) is 20.8 Å². The second kappa shape index (κ2) is 10.6. The van der Waals surface area contributed by atoms with Crippen LogP contribution in [0, 0.1) is 6.92 Å². The molecule has 1 aromatic heterocycles.